The normalized spacial score (nSPS) is 46.6. The summed E-state index contributed by atoms with van der Waals surface area (Å²) >= 11 is 6.24. The van der Waals surface area contributed by atoms with Crippen molar-refractivity contribution in [3.63, 3.8) is 0 Å². The molecule has 2 saturated heterocycles. The van der Waals surface area contributed by atoms with Crippen molar-refractivity contribution in [1.82, 2.24) is 4.90 Å². The second kappa shape index (κ2) is 4.18. The van der Waals surface area contributed by atoms with Gasteiger partial charge in [0.15, 0.2) is 0 Å². The predicted octanol–water partition coefficient (Wildman–Crippen LogP) is 2.74. The smallest absolute Gasteiger partial charge is 0.0466 e. The molecule has 13 heavy (non-hydrogen) atoms. The zero-order chi connectivity index (χ0) is 9.26. The van der Waals surface area contributed by atoms with E-state index in [4.69, 9.17) is 11.6 Å². The molecule has 4 atom stereocenters. The summed E-state index contributed by atoms with van der Waals surface area (Å²) in [5.41, 5.74) is 0. The number of hydrogen-bond acceptors (Lipinski definition) is 1. The summed E-state index contributed by atoms with van der Waals surface area (Å²) in [6, 6.07) is 0. The summed E-state index contributed by atoms with van der Waals surface area (Å²) in [5.74, 6) is 1.82. The van der Waals surface area contributed by atoms with Crippen LogP contribution in [0.15, 0.2) is 0 Å². The molecule has 2 heteroatoms. The monoisotopic (exact) mass is 201 g/mol. The lowest BCUT2D eigenvalue weighted by Crippen LogP contribution is -2.43. The van der Waals surface area contributed by atoms with Crippen LogP contribution in [0.1, 0.15) is 32.6 Å². The van der Waals surface area contributed by atoms with Crippen molar-refractivity contribution >= 4 is 11.6 Å². The van der Waals surface area contributed by atoms with E-state index in [2.05, 4.69) is 11.8 Å². The van der Waals surface area contributed by atoms with Crippen LogP contribution in [0.2, 0.25) is 0 Å². The van der Waals surface area contributed by atoms with Gasteiger partial charge in [0.05, 0.1) is 0 Å². The molecule has 76 valence electrons. The number of halogens is 1. The van der Waals surface area contributed by atoms with E-state index in [1.807, 2.05) is 0 Å². The standard InChI is InChI=1S/C11H20ClN/c1-9-2-3-10-6-11(12)8-13(7-10)5-4-9/h9-11H,2-8H2,1H3. The van der Waals surface area contributed by atoms with Gasteiger partial charge in [0.25, 0.3) is 0 Å². The number of nitrogens with zero attached hydrogens (tertiary/aromatic N) is 1. The Morgan fingerprint density at radius 1 is 1.15 bits per heavy atom. The van der Waals surface area contributed by atoms with Gasteiger partial charge in [-0.25, -0.2) is 0 Å². The molecule has 0 radical (unpaired) electrons. The lowest BCUT2D eigenvalue weighted by Gasteiger charge is -2.38. The summed E-state index contributed by atoms with van der Waals surface area (Å²) in [4.78, 5) is 2.57. The molecule has 0 aromatic carbocycles. The van der Waals surface area contributed by atoms with E-state index in [-0.39, 0.29) is 0 Å². The van der Waals surface area contributed by atoms with E-state index in [0.717, 1.165) is 18.4 Å². The molecule has 4 unspecified atom stereocenters. The minimum atomic E-state index is 0.423. The number of hydrogen-bond donors (Lipinski definition) is 0. The Balaban J connectivity index is 1.95. The van der Waals surface area contributed by atoms with Crippen LogP contribution in [0.4, 0.5) is 0 Å². The van der Waals surface area contributed by atoms with E-state index in [1.54, 1.807) is 0 Å². The second-order valence-corrected chi connectivity index (χ2v) is 5.55. The number of rotatable bonds is 0. The summed E-state index contributed by atoms with van der Waals surface area (Å²) in [5, 5.41) is 0.423. The molecule has 0 N–H and O–H groups in total. The van der Waals surface area contributed by atoms with Gasteiger partial charge < -0.3 is 4.90 Å². The molecular formula is C11H20ClN. The highest BCUT2D eigenvalue weighted by Gasteiger charge is 2.27. The highest BCUT2D eigenvalue weighted by Crippen LogP contribution is 2.29. The van der Waals surface area contributed by atoms with Gasteiger partial charge >= 0.3 is 0 Å². The van der Waals surface area contributed by atoms with Crippen LogP contribution in [0.5, 0.6) is 0 Å². The molecule has 0 aliphatic carbocycles. The van der Waals surface area contributed by atoms with Gasteiger partial charge in [0.1, 0.15) is 0 Å². The quantitative estimate of drug-likeness (QED) is 0.545. The topological polar surface area (TPSA) is 3.24 Å². The molecule has 2 aliphatic heterocycles. The van der Waals surface area contributed by atoms with Crippen LogP contribution in [-0.4, -0.2) is 29.9 Å². The molecule has 2 rings (SSSR count). The zero-order valence-electron chi connectivity index (χ0n) is 8.51. The SMILES string of the molecule is CC1CCC2CC(Cl)CN(CC1)C2. The third-order valence-corrected chi connectivity index (χ3v) is 3.88. The third kappa shape index (κ3) is 2.60. The van der Waals surface area contributed by atoms with Crippen molar-refractivity contribution < 1.29 is 0 Å². The minimum absolute atomic E-state index is 0.423. The molecular weight excluding hydrogens is 182 g/mol. The van der Waals surface area contributed by atoms with Crippen LogP contribution in [0.25, 0.3) is 0 Å². The fourth-order valence-corrected chi connectivity index (χ4v) is 3.14. The summed E-state index contributed by atoms with van der Waals surface area (Å²) in [6.45, 7) is 6.11. The van der Waals surface area contributed by atoms with Crippen molar-refractivity contribution in [2.24, 2.45) is 11.8 Å². The van der Waals surface area contributed by atoms with Gasteiger partial charge in [-0.1, -0.05) is 13.3 Å². The maximum absolute atomic E-state index is 6.24. The van der Waals surface area contributed by atoms with Crippen molar-refractivity contribution in [3.05, 3.63) is 0 Å². The fraction of sp³-hybridized carbons (Fsp3) is 1.00. The van der Waals surface area contributed by atoms with Gasteiger partial charge in [-0.2, -0.15) is 0 Å². The summed E-state index contributed by atoms with van der Waals surface area (Å²) in [7, 11) is 0. The molecule has 2 heterocycles. The van der Waals surface area contributed by atoms with Gasteiger partial charge in [0.2, 0.25) is 0 Å². The molecule has 2 fully saturated rings. The van der Waals surface area contributed by atoms with Crippen molar-refractivity contribution in [1.29, 1.82) is 0 Å². The van der Waals surface area contributed by atoms with Crippen molar-refractivity contribution in [2.45, 2.75) is 38.0 Å². The average Bonchev–Trinajstić information content (AvgIpc) is 2.09. The fourth-order valence-electron chi connectivity index (χ4n) is 2.69. The van der Waals surface area contributed by atoms with E-state index >= 15 is 0 Å². The Morgan fingerprint density at radius 2 is 2.00 bits per heavy atom. The Labute approximate surface area is 86.4 Å². The van der Waals surface area contributed by atoms with E-state index < -0.39 is 0 Å². The minimum Gasteiger partial charge on any atom is -0.302 e. The largest absolute Gasteiger partial charge is 0.302 e. The Kier molecular flexibility index (Phi) is 3.15. The van der Waals surface area contributed by atoms with Gasteiger partial charge in [-0.15, -0.1) is 11.6 Å². The first kappa shape index (κ1) is 9.79. The first-order chi connectivity index (χ1) is 6.24. The molecule has 0 amide bonds. The first-order valence-electron chi connectivity index (χ1n) is 5.60. The molecule has 0 aromatic heterocycles. The van der Waals surface area contributed by atoms with Crippen LogP contribution >= 0.6 is 11.6 Å². The highest BCUT2D eigenvalue weighted by molar-refractivity contribution is 6.20. The molecule has 0 spiro atoms. The average molecular weight is 202 g/mol. The van der Waals surface area contributed by atoms with E-state index in [0.29, 0.717) is 5.38 Å². The van der Waals surface area contributed by atoms with Crippen LogP contribution in [0, 0.1) is 11.8 Å². The summed E-state index contributed by atoms with van der Waals surface area (Å²) < 4.78 is 0. The first-order valence-corrected chi connectivity index (χ1v) is 6.04. The second-order valence-electron chi connectivity index (χ2n) is 4.93. The number of alkyl halides is 1. The number of fused-ring (bicyclic) bond motifs is 2. The van der Waals surface area contributed by atoms with Crippen molar-refractivity contribution in [3.8, 4) is 0 Å². The van der Waals surface area contributed by atoms with Gasteiger partial charge in [-0.3, -0.25) is 0 Å². The maximum atomic E-state index is 6.24. The summed E-state index contributed by atoms with van der Waals surface area (Å²) in [6.07, 6.45) is 5.45. The number of piperidine rings is 1. The Hall–Kier alpha value is 0.250. The zero-order valence-corrected chi connectivity index (χ0v) is 9.26. The van der Waals surface area contributed by atoms with Crippen LogP contribution in [-0.2, 0) is 0 Å². The lowest BCUT2D eigenvalue weighted by molar-refractivity contribution is 0.138. The molecule has 0 saturated carbocycles. The van der Waals surface area contributed by atoms with Crippen LogP contribution in [0.3, 0.4) is 0 Å². The molecule has 2 bridgehead atoms. The van der Waals surface area contributed by atoms with E-state index in [9.17, 15) is 0 Å². The Bertz CT molecular complexity index is 155. The lowest BCUT2D eigenvalue weighted by atomic mass is 9.86. The Morgan fingerprint density at radius 3 is 2.85 bits per heavy atom. The van der Waals surface area contributed by atoms with Crippen molar-refractivity contribution in [2.75, 3.05) is 19.6 Å². The highest BCUT2D eigenvalue weighted by atomic mass is 35.5. The third-order valence-electron chi connectivity index (χ3n) is 3.57. The maximum Gasteiger partial charge on any atom is 0.0466 e. The van der Waals surface area contributed by atoms with Gasteiger partial charge in [0, 0.05) is 18.5 Å². The van der Waals surface area contributed by atoms with E-state index in [1.165, 1.54) is 38.8 Å². The molecule has 2 aliphatic rings. The predicted molar refractivity (Wildman–Crippen MR) is 57.2 cm³/mol. The molecule has 1 nitrogen and oxygen atoms in total. The molecule has 0 aromatic rings. The van der Waals surface area contributed by atoms with Crippen LogP contribution < -0.4 is 0 Å². The van der Waals surface area contributed by atoms with Gasteiger partial charge in [-0.05, 0) is 37.6 Å².